The third kappa shape index (κ3) is 3.07. The summed E-state index contributed by atoms with van der Waals surface area (Å²) in [5.41, 5.74) is 1.99. The van der Waals surface area contributed by atoms with E-state index in [2.05, 4.69) is 68.2 Å². The average molecular weight is 274 g/mol. The van der Waals surface area contributed by atoms with Crippen molar-refractivity contribution in [2.24, 2.45) is 0 Å². The van der Waals surface area contributed by atoms with Gasteiger partial charge in [-0.3, -0.25) is 4.90 Å². The highest BCUT2D eigenvalue weighted by atomic mass is 15.3. The van der Waals surface area contributed by atoms with Gasteiger partial charge >= 0.3 is 0 Å². The molecule has 1 unspecified atom stereocenters. The Morgan fingerprint density at radius 1 is 1.05 bits per heavy atom. The van der Waals surface area contributed by atoms with E-state index in [9.17, 15) is 0 Å². The van der Waals surface area contributed by atoms with E-state index in [1.165, 1.54) is 24.8 Å². The quantitative estimate of drug-likeness (QED) is 0.878. The van der Waals surface area contributed by atoms with Crippen LogP contribution in [0.15, 0.2) is 30.3 Å². The van der Waals surface area contributed by atoms with Crippen LogP contribution in [0.4, 0.5) is 0 Å². The highest BCUT2D eigenvalue weighted by molar-refractivity contribution is 5.16. The molecular formula is C18H30N2. The minimum absolute atomic E-state index is 0.268. The zero-order chi connectivity index (χ0) is 14.6. The van der Waals surface area contributed by atoms with Gasteiger partial charge in [0.25, 0.3) is 0 Å². The molecule has 2 heteroatoms. The standard InChI is InChI=1S/C18H30N2/c1-5-17(4)14-19-18(6-2,7-3)15-20(17)13-16-11-9-8-10-12-16/h8-12,19H,5-7,13-15H2,1-4H3. The molecule has 0 aromatic heterocycles. The Bertz CT molecular complexity index is 411. The molecule has 2 nitrogen and oxygen atoms in total. The number of nitrogens with one attached hydrogen (secondary N) is 1. The highest BCUT2D eigenvalue weighted by Gasteiger charge is 2.42. The Morgan fingerprint density at radius 3 is 2.25 bits per heavy atom. The SMILES string of the molecule is CCC1(CC)CN(Cc2ccccc2)C(C)(CC)CN1. The first kappa shape index (κ1) is 15.5. The largest absolute Gasteiger partial charge is 0.308 e. The number of rotatable bonds is 5. The monoisotopic (exact) mass is 274 g/mol. The fourth-order valence-electron chi connectivity index (χ4n) is 3.22. The maximum absolute atomic E-state index is 3.85. The van der Waals surface area contributed by atoms with E-state index in [1.807, 2.05) is 0 Å². The van der Waals surface area contributed by atoms with E-state index in [1.54, 1.807) is 0 Å². The van der Waals surface area contributed by atoms with Crippen LogP contribution in [0.25, 0.3) is 0 Å². The Kier molecular flexibility index (Phi) is 4.87. The molecule has 1 aliphatic heterocycles. The van der Waals surface area contributed by atoms with Gasteiger partial charge in [0.15, 0.2) is 0 Å². The molecule has 1 aromatic rings. The Hall–Kier alpha value is -0.860. The molecule has 1 atom stereocenters. The van der Waals surface area contributed by atoms with Gasteiger partial charge in [-0.25, -0.2) is 0 Å². The maximum atomic E-state index is 3.85. The summed E-state index contributed by atoms with van der Waals surface area (Å²) in [6.45, 7) is 12.6. The molecule has 0 bridgehead atoms. The van der Waals surface area contributed by atoms with Gasteiger partial charge in [0.2, 0.25) is 0 Å². The first-order chi connectivity index (χ1) is 9.57. The molecule has 2 rings (SSSR count). The van der Waals surface area contributed by atoms with Crippen LogP contribution in [0, 0.1) is 0 Å². The Balaban J connectivity index is 2.19. The first-order valence-electron chi connectivity index (χ1n) is 8.11. The molecule has 0 saturated carbocycles. The van der Waals surface area contributed by atoms with Crippen LogP contribution in [0.3, 0.4) is 0 Å². The fraction of sp³-hybridized carbons (Fsp3) is 0.667. The van der Waals surface area contributed by atoms with Crippen LogP contribution in [0.1, 0.15) is 52.5 Å². The third-order valence-electron chi connectivity index (χ3n) is 5.43. The van der Waals surface area contributed by atoms with Crippen molar-refractivity contribution in [1.29, 1.82) is 0 Å². The van der Waals surface area contributed by atoms with Crippen molar-refractivity contribution >= 4 is 0 Å². The molecule has 0 aliphatic carbocycles. The second kappa shape index (κ2) is 6.28. The van der Waals surface area contributed by atoms with Crippen LogP contribution in [-0.2, 0) is 6.54 Å². The van der Waals surface area contributed by atoms with Gasteiger partial charge in [-0.05, 0) is 31.7 Å². The molecule has 112 valence electrons. The summed E-state index contributed by atoms with van der Waals surface area (Å²) in [7, 11) is 0. The fourth-order valence-corrected chi connectivity index (χ4v) is 3.22. The van der Waals surface area contributed by atoms with Crippen molar-refractivity contribution in [3.8, 4) is 0 Å². The summed E-state index contributed by atoms with van der Waals surface area (Å²) in [6, 6.07) is 10.9. The second-order valence-corrected chi connectivity index (χ2v) is 6.53. The molecule has 1 aliphatic rings. The number of hydrogen-bond donors (Lipinski definition) is 1. The number of benzene rings is 1. The van der Waals surface area contributed by atoms with E-state index >= 15 is 0 Å². The molecule has 1 aromatic carbocycles. The first-order valence-corrected chi connectivity index (χ1v) is 8.11. The molecule has 1 heterocycles. The lowest BCUT2D eigenvalue weighted by Gasteiger charge is -2.53. The predicted molar refractivity (Wildman–Crippen MR) is 86.9 cm³/mol. The number of nitrogens with zero attached hydrogens (tertiary/aromatic N) is 1. The van der Waals surface area contributed by atoms with Gasteiger partial charge in [-0.1, -0.05) is 51.1 Å². The third-order valence-corrected chi connectivity index (χ3v) is 5.43. The lowest BCUT2D eigenvalue weighted by atomic mass is 9.82. The normalized spacial score (nSPS) is 26.6. The van der Waals surface area contributed by atoms with Crippen LogP contribution in [0.2, 0.25) is 0 Å². The molecule has 0 radical (unpaired) electrons. The summed E-state index contributed by atoms with van der Waals surface area (Å²) in [5, 5.41) is 3.85. The van der Waals surface area contributed by atoms with Crippen LogP contribution >= 0.6 is 0 Å². The van der Waals surface area contributed by atoms with Crippen LogP contribution < -0.4 is 5.32 Å². The predicted octanol–water partition coefficient (Wildman–Crippen LogP) is 3.82. The minimum Gasteiger partial charge on any atom is -0.308 e. The summed E-state index contributed by atoms with van der Waals surface area (Å²) < 4.78 is 0. The van der Waals surface area contributed by atoms with Crippen molar-refractivity contribution < 1.29 is 0 Å². The highest BCUT2D eigenvalue weighted by Crippen LogP contribution is 2.31. The summed E-state index contributed by atoms with van der Waals surface area (Å²) >= 11 is 0. The Labute approximate surface area is 124 Å². The van der Waals surface area contributed by atoms with Crippen molar-refractivity contribution in [3.05, 3.63) is 35.9 Å². The van der Waals surface area contributed by atoms with E-state index in [-0.39, 0.29) is 5.54 Å². The van der Waals surface area contributed by atoms with Crippen molar-refractivity contribution in [3.63, 3.8) is 0 Å². The zero-order valence-electron chi connectivity index (χ0n) is 13.6. The zero-order valence-corrected chi connectivity index (χ0v) is 13.6. The van der Waals surface area contributed by atoms with Gasteiger partial charge in [0.05, 0.1) is 0 Å². The van der Waals surface area contributed by atoms with Gasteiger partial charge in [-0.15, -0.1) is 0 Å². The van der Waals surface area contributed by atoms with E-state index in [0.29, 0.717) is 5.54 Å². The lowest BCUT2D eigenvalue weighted by Crippen LogP contribution is -2.68. The van der Waals surface area contributed by atoms with Gasteiger partial charge in [0.1, 0.15) is 0 Å². The molecular weight excluding hydrogens is 244 g/mol. The lowest BCUT2D eigenvalue weighted by molar-refractivity contribution is 0.00276. The van der Waals surface area contributed by atoms with E-state index in [0.717, 1.165) is 19.6 Å². The molecule has 1 fully saturated rings. The van der Waals surface area contributed by atoms with E-state index < -0.39 is 0 Å². The molecule has 20 heavy (non-hydrogen) atoms. The smallest absolute Gasteiger partial charge is 0.0307 e. The van der Waals surface area contributed by atoms with Crippen LogP contribution in [-0.4, -0.2) is 29.1 Å². The second-order valence-electron chi connectivity index (χ2n) is 6.53. The minimum atomic E-state index is 0.268. The topological polar surface area (TPSA) is 15.3 Å². The molecule has 1 saturated heterocycles. The molecule has 1 N–H and O–H groups in total. The molecule has 0 spiro atoms. The average Bonchev–Trinajstić information content (AvgIpc) is 2.51. The summed E-state index contributed by atoms with van der Waals surface area (Å²) in [4.78, 5) is 2.70. The van der Waals surface area contributed by atoms with Gasteiger partial charge < -0.3 is 5.32 Å². The number of hydrogen-bond acceptors (Lipinski definition) is 2. The van der Waals surface area contributed by atoms with Crippen LogP contribution in [0.5, 0.6) is 0 Å². The summed E-state index contributed by atoms with van der Waals surface area (Å²) in [5.74, 6) is 0. The Morgan fingerprint density at radius 2 is 1.70 bits per heavy atom. The molecule has 0 amide bonds. The maximum Gasteiger partial charge on any atom is 0.0307 e. The van der Waals surface area contributed by atoms with E-state index in [4.69, 9.17) is 0 Å². The van der Waals surface area contributed by atoms with Crippen molar-refractivity contribution in [2.45, 2.75) is 64.6 Å². The van der Waals surface area contributed by atoms with Gasteiger partial charge in [0, 0.05) is 30.7 Å². The van der Waals surface area contributed by atoms with Gasteiger partial charge in [-0.2, -0.15) is 0 Å². The van der Waals surface area contributed by atoms with Crippen molar-refractivity contribution in [1.82, 2.24) is 10.2 Å². The number of piperazine rings is 1. The summed E-state index contributed by atoms with van der Waals surface area (Å²) in [6.07, 6.45) is 3.60. The van der Waals surface area contributed by atoms with Crippen molar-refractivity contribution in [2.75, 3.05) is 13.1 Å².